The molecule has 1 fully saturated rings. The molecule has 3 atom stereocenters. The molecule has 0 aromatic heterocycles. The monoisotopic (exact) mass is 672 g/mol. The molecule has 0 saturated carbocycles. The van der Waals surface area contributed by atoms with Crippen LogP contribution in [0.1, 0.15) is 77.1 Å². The maximum Gasteiger partial charge on any atom is 0.412 e. The lowest BCUT2D eigenvalue weighted by molar-refractivity contribution is -0.147. The van der Waals surface area contributed by atoms with Gasteiger partial charge in [0, 0.05) is 32.1 Å². The quantitative estimate of drug-likeness (QED) is 0.154. The van der Waals surface area contributed by atoms with E-state index in [1.807, 2.05) is 101 Å². The van der Waals surface area contributed by atoms with E-state index in [1.165, 1.54) is 5.01 Å². The summed E-state index contributed by atoms with van der Waals surface area (Å²) in [5, 5.41) is 1.45. The van der Waals surface area contributed by atoms with Crippen molar-refractivity contribution in [2.24, 2.45) is 0 Å². The van der Waals surface area contributed by atoms with Gasteiger partial charge in [-0.25, -0.2) is 9.80 Å². The van der Waals surface area contributed by atoms with Crippen LogP contribution in [0, 0.1) is 0 Å². The normalized spacial score (nSPS) is 17.1. The second-order valence-electron chi connectivity index (χ2n) is 14.2. The van der Waals surface area contributed by atoms with Gasteiger partial charge in [0.1, 0.15) is 24.5 Å². The molecular weight excluding hydrogens is 620 g/mol. The SMILES string of the molecule is C[C@@H](c1ccccc1)N(Cc1ccccc1)[C@H](CC(=O)NN(C)CC(=O)OCc1ccccc1)C[C@@H]1CN(C(=O)OC(C)(C)C)C(C)(C)O1. The molecule has 10 nitrogen and oxygen atoms in total. The number of amides is 2. The summed E-state index contributed by atoms with van der Waals surface area (Å²) >= 11 is 0. The zero-order chi connectivity index (χ0) is 35.6. The number of esters is 1. The Morgan fingerprint density at radius 2 is 1.51 bits per heavy atom. The van der Waals surface area contributed by atoms with Crippen LogP contribution < -0.4 is 5.43 Å². The lowest BCUT2D eigenvalue weighted by Crippen LogP contribution is -2.47. The van der Waals surface area contributed by atoms with Gasteiger partial charge in [0.15, 0.2) is 0 Å². The molecule has 264 valence electrons. The Hall–Kier alpha value is -4.25. The minimum absolute atomic E-state index is 0.0544. The summed E-state index contributed by atoms with van der Waals surface area (Å²) in [6.45, 7) is 12.3. The Labute approximate surface area is 291 Å². The van der Waals surface area contributed by atoms with Gasteiger partial charge in [-0.2, -0.15) is 0 Å². The van der Waals surface area contributed by atoms with Crippen molar-refractivity contribution in [2.45, 2.75) is 97.0 Å². The highest BCUT2D eigenvalue weighted by atomic mass is 16.6. The Morgan fingerprint density at radius 1 is 0.939 bits per heavy atom. The van der Waals surface area contributed by atoms with Crippen molar-refractivity contribution < 1.29 is 28.6 Å². The third kappa shape index (κ3) is 11.7. The molecule has 1 N–H and O–H groups in total. The number of rotatable bonds is 14. The van der Waals surface area contributed by atoms with Crippen molar-refractivity contribution in [3.05, 3.63) is 108 Å². The lowest BCUT2D eigenvalue weighted by Gasteiger charge is -2.38. The molecule has 2 amide bonds. The van der Waals surface area contributed by atoms with Gasteiger partial charge >= 0.3 is 12.1 Å². The van der Waals surface area contributed by atoms with Crippen LogP contribution in [0.25, 0.3) is 0 Å². The molecule has 4 rings (SSSR count). The summed E-state index contributed by atoms with van der Waals surface area (Å²) in [4.78, 5) is 43.4. The van der Waals surface area contributed by atoms with Crippen molar-refractivity contribution in [1.82, 2.24) is 20.2 Å². The summed E-state index contributed by atoms with van der Waals surface area (Å²) in [5.74, 6) is -0.696. The van der Waals surface area contributed by atoms with Gasteiger partial charge in [0.05, 0.1) is 12.6 Å². The first-order chi connectivity index (χ1) is 23.2. The minimum Gasteiger partial charge on any atom is -0.460 e. The highest BCUT2D eigenvalue weighted by Gasteiger charge is 2.45. The summed E-state index contributed by atoms with van der Waals surface area (Å²) < 4.78 is 17.6. The van der Waals surface area contributed by atoms with Crippen LogP contribution >= 0.6 is 0 Å². The number of hydrogen-bond donors (Lipinski definition) is 1. The number of hydrazine groups is 1. The largest absolute Gasteiger partial charge is 0.460 e. The van der Waals surface area contributed by atoms with E-state index in [1.54, 1.807) is 11.9 Å². The fraction of sp³-hybridized carbons (Fsp3) is 0.462. The van der Waals surface area contributed by atoms with Crippen molar-refractivity contribution in [3.63, 3.8) is 0 Å². The predicted octanol–water partition coefficient (Wildman–Crippen LogP) is 6.48. The number of likely N-dealkylation sites (N-methyl/N-ethyl adjacent to an activating group) is 1. The first-order valence-electron chi connectivity index (χ1n) is 16.9. The molecule has 0 radical (unpaired) electrons. The average molecular weight is 673 g/mol. The molecule has 3 aromatic rings. The smallest absolute Gasteiger partial charge is 0.412 e. The maximum absolute atomic E-state index is 13.7. The van der Waals surface area contributed by atoms with Gasteiger partial charge in [-0.05, 0) is 64.7 Å². The highest BCUT2D eigenvalue weighted by Crippen LogP contribution is 2.34. The number of nitrogens with zero attached hydrogens (tertiary/aromatic N) is 3. The number of carbonyl (C=O) groups is 3. The molecule has 1 aliphatic heterocycles. The van der Waals surface area contributed by atoms with E-state index in [0.717, 1.165) is 16.7 Å². The third-order valence-electron chi connectivity index (χ3n) is 8.44. The van der Waals surface area contributed by atoms with E-state index in [2.05, 4.69) is 41.5 Å². The van der Waals surface area contributed by atoms with Crippen molar-refractivity contribution in [2.75, 3.05) is 20.1 Å². The van der Waals surface area contributed by atoms with Crippen LogP contribution in [-0.2, 0) is 37.0 Å². The van der Waals surface area contributed by atoms with Crippen LogP contribution in [-0.4, -0.2) is 76.4 Å². The molecule has 49 heavy (non-hydrogen) atoms. The number of nitrogens with one attached hydrogen (secondary N) is 1. The van der Waals surface area contributed by atoms with E-state index in [-0.39, 0.29) is 43.7 Å². The standard InChI is InChI=1S/C39H52N4O6/c1-29(32-21-15-10-16-22-32)42(25-30-17-11-8-12-18-30)33(23-34-26-43(39(5,6)48-34)37(46)49-38(2,3)4)24-35(44)40-41(7)27-36(45)47-28-31-19-13-9-14-20-31/h8-22,29,33-34H,23-28H2,1-7H3,(H,40,44)/t29-,33-,34+/m0/s1. The fourth-order valence-corrected chi connectivity index (χ4v) is 6.09. The Kier molecular flexibility index (Phi) is 13.0. The number of hydrogen-bond acceptors (Lipinski definition) is 8. The van der Waals surface area contributed by atoms with Crippen LogP contribution in [0.5, 0.6) is 0 Å². The van der Waals surface area contributed by atoms with E-state index >= 15 is 0 Å². The minimum atomic E-state index is -0.893. The zero-order valence-electron chi connectivity index (χ0n) is 29.9. The van der Waals surface area contributed by atoms with Crippen LogP contribution in [0.3, 0.4) is 0 Å². The summed E-state index contributed by atoms with van der Waals surface area (Å²) in [6.07, 6.45) is -0.190. The van der Waals surface area contributed by atoms with E-state index in [9.17, 15) is 14.4 Å². The topological polar surface area (TPSA) is 101 Å². The molecule has 0 unspecified atom stereocenters. The van der Waals surface area contributed by atoms with Gasteiger partial charge in [0.25, 0.3) is 0 Å². The Balaban J connectivity index is 1.53. The number of ether oxygens (including phenoxy) is 3. The van der Waals surface area contributed by atoms with Gasteiger partial charge in [-0.3, -0.25) is 24.8 Å². The zero-order valence-corrected chi connectivity index (χ0v) is 29.9. The van der Waals surface area contributed by atoms with Crippen LogP contribution in [0.2, 0.25) is 0 Å². The molecule has 1 heterocycles. The fourth-order valence-electron chi connectivity index (χ4n) is 6.09. The van der Waals surface area contributed by atoms with E-state index in [0.29, 0.717) is 19.5 Å². The van der Waals surface area contributed by atoms with Gasteiger partial charge in [0.2, 0.25) is 5.91 Å². The lowest BCUT2D eigenvalue weighted by atomic mass is 9.97. The molecular formula is C39H52N4O6. The summed E-state index contributed by atoms with van der Waals surface area (Å²) in [6, 6.07) is 29.5. The van der Waals surface area contributed by atoms with E-state index in [4.69, 9.17) is 14.2 Å². The third-order valence-corrected chi connectivity index (χ3v) is 8.44. The van der Waals surface area contributed by atoms with Gasteiger partial charge in [-0.1, -0.05) is 91.0 Å². The number of benzene rings is 3. The van der Waals surface area contributed by atoms with E-state index < -0.39 is 23.4 Å². The van der Waals surface area contributed by atoms with Crippen molar-refractivity contribution >= 4 is 18.0 Å². The maximum atomic E-state index is 13.7. The molecule has 1 aliphatic rings. The molecule has 0 aliphatic carbocycles. The molecule has 1 saturated heterocycles. The van der Waals surface area contributed by atoms with Crippen LogP contribution in [0.15, 0.2) is 91.0 Å². The predicted molar refractivity (Wildman–Crippen MR) is 189 cm³/mol. The van der Waals surface area contributed by atoms with Crippen molar-refractivity contribution in [3.8, 4) is 0 Å². The Morgan fingerprint density at radius 3 is 2.10 bits per heavy atom. The second-order valence-corrected chi connectivity index (χ2v) is 14.2. The Bertz CT molecular complexity index is 1500. The molecule has 3 aromatic carbocycles. The first-order valence-corrected chi connectivity index (χ1v) is 16.9. The van der Waals surface area contributed by atoms with Gasteiger partial charge in [-0.15, -0.1) is 0 Å². The summed E-state index contributed by atoms with van der Waals surface area (Å²) in [5.41, 5.74) is 4.44. The van der Waals surface area contributed by atoms with Crippen molar-refractivity contribution in [1.29, 1.82) is 0 Å². The summed E-state index contributed by atoms with van der Waals surface area (Å²) in [7, 11) is 1.65. The second kappa shape index (κ2) is 16.9. The molecule has 0 bridgehead atoms. The van der Waals surface area contributed by atoms with Crippen LogP contribution in [0.4, 0.5) is 4.79 Å². The van der Waals surface area contributed by atoms with Gasteiger partial charge < -0.3 is 14.2 Å². The highest BCUT2D eigenvalue weighted by molar-refractivity contribution is 5.77. The molecule has 0 spiro atoms. The number of carbonyl (C=O) groups excluding carboxylic acids is 3. The molecule has 10 heteroatoms. The first kappa shape index (κ1) is 37.6. The average Bonchev–Trinajstić information content (AvgIpc) is 3.36.